The van der Waals surface area contributed by atoms with E-state index >= 15 is 0 Å². The van der Waals surface area contributed by atoms with Crippen LogP contribution in [0.2, 0.25) is 0 Å². The first-order valence-corrected chi connectivity index (χ1v) is 6.91. The van der Waals surface area contributed by atoms with Gasteiger partial charge in [-0.05, 0) is 49.8 Å². The zero-order valence-electron chi connectivity index (χ0n) is 11.1. The molecule has 1 fully saturated rings. The molecule has 2 rings (SSSR count). The summed E-state index contributed by atoms with van der Waals surface area (Å²) in [5.41, 5.74) is 4.14. The molecule has 17 heavy (non-hydrogen) atoms. The van der Waals surface area contributed by atoms with Gasteiger partial charge in [0.05, 0.1) is 0 Å². The Labute approximate surface area is 105 Å². The molecule has 0 atom stereocenters. The second-order valence-electron chi connectivity index (χ2n) is 5.10. The van der Waals surface area contributed by atoms with E-state index < -0.39 is 0 Å². The van der Waals surface area contributed by atoms with Gasteiger partial charge in [-0.1, -0.05) is 43.7 Å². The van der Waals surface area contributed by atoms with Crippen LogP contribution < -0.4 is 0 Å². The molecule has 1 aromatic carbocycles. The molecule has 0 amide bonds. The summed E-state index contributed by atoms with van der Waals surface area (Å²) in [5, 5.41) is 0. The molecule has 0 unspecified atom stereocenters. The minimum atomic E-state index is 0.675. The molecule has 1 aliphatic carbocycles. The normalized spacial score (nSPS) is 14.9. The van der Waals surface area contributed by atoms with Crippen LogP contribution in [-0.4, -0.2) is 0 Å². The predicted octanol–water partition coefficient (Wildman–Crippen LogP) is 4.49. The summed E-state index contributed by atoms with van der Waals surface area (Å²) in [5.74, 6) is 7.52. The van der Waals surface area contributed by atoms with E-state index in [0.29, 0.717) is 5.92 Å². The Bertz CT molecular complexity index is 427. The van der Waals surface area contributed by atoms with Crippen LogP contribution in [-0.2, 0) is 6.42 Å². The van der Waals surface area contributed by atoms with Gasteiger partial charge in [0.1, 0.15) is 0 Å². The van der Waals surface area contributed by atoms with Crippen molar-refractivity contribution >= 4 is 0 Å². The van der Waals surface area contributed by atoms with E-state index in [1.165, 1.54) is 55.2 Å². The predicted molar refractivity (Wildman–Crippen MR) is 74.0 cm³/mol. The molecule has 0 radical (unpaired) electrons. The first-order valence-electron chi connectivity index (χ1n) is 6.91. The Hall–Kier alpha value is -1.22. The van der Waals surface area contributed by atoms with Gasteiger partial charge in [-0.25, -0.2) is 0 Å². The van der Waals surface area contributed by atoms with Gasteiger partial charge < -0.3 is 0 Å². The smallest absolute Gasteiger partial charge is 0.0280 e. The van der Waals surface area contributed by atoms with Gasteiger partial charge >= 0.3 is 0 Å². The first-order chi connectivity index (χ1) is 8.31. The van der Waals surface area contributed by atoms with E-state index in [-0.39, 0.29) is 0 Å². The molecule has 1 aromatic rings. The third-order valence-corrected chi connectivity index (χ3v) is 3.71. The van der Waals surface area contributed by atoms with E-state index in [4.69, 9.17) is 0 Å². The van der Waals surface area contributed by atoms with E-state index in [1.54, 1.807) is 0 Å². The van der Waals surface area contributed by atoms with Crippen LogP contribution in [0.15, 0.2) is 18.2 Å². The Kier molecular flexibility index (Phi) is 4.26. The second kappa shape index (κ2) is 5.92. The van der Waals surface area contributed by atoms with Crippen LogP contribution in [0.3, 0.4) is 0 Å². The average molecular weight is 226 g/mol. The number of hydrogen-bond acceptors (Lipinski definition) is 0. The largest absolute Gasteiger partial charge is 0.0945 e. The van der Waals surface area contributed by atoms with E-state index in [9.17, 15) is 0 Å². The van der Waals surface area contributed by atoms with E-state index in [0.717, 1.165) is 0 Å². The lowest BCUT2D eigenvalue weighted by atomic mass is 9.85. The Morgan fingerprint density at radius 2 is 2.12 bits per heavy atom. The van der Waals surface area contributed by atoms with Crippen LogP contribution in [0.5, 0.6) is 0 Å². The highest BCUT2D eigenvalue weighted by Crippen LogP contribution is 2.25. The van der Waals surface area contributed by atoms with Gasteiger partial charge in [-0.3, -0.25) is 0 Å². The molecule has 0 nitrogen and oxygen atoms in total. The van der Waals surface area contributed by atoms with Gasteiger partial charge in [-0.2, -0.15) is 0 Å². The highest BCUT2D eigenvalue weighted by molar-refractivity contribution is 5.45. The molecule has 0 spiro atoms. The van der Waals surface area contributed by atoms with Crippen LogP contribution in [0.1, 0.15) is 55.7 Å². The summed E-state index contributed by atoms with van der Waals surface area (Å²) < 4.78 is 0. The molecule has 0 bridgehead atoms. The zero-order valence-corrected chi connectivity index (χ0v) is 11.1. The molecule has 1 aliphatic rings. The van der Waals surface area contributed by atoms with Gasteiger partial charge in [0, 0.05) is 11.5 Å². The molecule has 0 heterocycles. The van der Waals surface area contributed by atoms with Crippen LogP contribution in [0, 0.1) is 24.7 Å². The minimum absolute atomic E-state index is 0.675. The van der Waals surface area contributed by atoms with Crippen molar-refractivity contribution in [1.29, 1.82) is 0 Å². The Morgan fingerprint density at radius 1 is 1.29 bits per heavy atom. The lowest BCUT2D eigenvalue weighted by Gasteiger charge is -2.18. The summed E-state index contributed by atoms with van der Waals surface area (Å²) in [4.78, 5) is 0. The minimum Gasteiger partial charge on any atom is -0.0945 e. The molecular weight excluding hydrogens is 204 g/mol. The Balaban J connectivity index is 2.17. The molecular formula is C17H22. The quantitative estimate of drug-likeness (QED) is 0.666. The molecule has 90 valence electrons. The van der Waals surface area contributed by atoms with Gasteiger partial charge in [-0.15, -0.1) is 0 Å². The van der Waals surface area contributed by atoms with E-state index in [1.807, 2.05) is 0 Å². The van der Waals surface area contributed by atoms with Crippen molar-refractivity contribution in [2.45, 2.75) is 52.4 Å². The maximum Gasteiger partial charge on any atom is 0.0280 e. The molecule has 0 aliphatic heterocycles. The molecule has 1 saturated carbocycles. The number of hydrogen-bond donors (Lipinski definition) is 0. The molecule has 0 saturated heterocycles. The molecule has 0 aromatic heterocycles. The van der Waals surface area contributed by atoms with Crippen LogP contribution in [0.4, 0.5) is 0 Å². The monoisotopic (exact) mass is 226 g/mol. The molecule has 0 N–H and O–H groups in total. The van der Waals surface area contributed by atoms with Crippen molar-refractivity contribution in [1.82, 2.24) is 0 Å². The SMILES string of the molecule is CCCCc1c(C)cccc1C#CC1CCC1. The lowest BCUT2D eigenvalue weighted by molar-refractivity contribution is 0.401. The van der Waals surface area contributed by atoms with Crippen molar-refractivity contribution in [3.05, 3.63) is 34.9 Å². The highest BCUT2D eigenvalue weighted by Gasteiger charge is 2.14. The fraction of sp³-hybridized carbons (Fsp3) is 0.529. The first kappa shape index (κ1) is 12.2. The maximum atomic E-state index is 3.43. The molecule has 0 heteroatoms. The Morgan fingerprint density at radius 3 is 2.76 bits per heavy atom. The van der Waals surface area contributed by atoms with Crippen molar-refractivity contribution < 1.29 is 0 Å². The van der Waals surface area contributed by atoms with Gasteiger partial charge in [0.25, 0.3) is 0 Å². The summed E-state index contributed by atoms with van der Waals surface area (Å²) in [7, 11) is 0. The maximum absolute atomic E-state index is 3.43. The summed E-state index contributed by atoms with van der Waals surface area (Å²) in [6.07, 6.45) is 7.69. The number of unbranched alkanes of at least 4 members (excludes halogenated alkanes) is 1. The summed E-state index contributed by atoms with van der Waals surface area (Å²) >= 11 is 0. The number of aryl methyl sites for hydroxylation is 1. The van der Waals surface area contributed by atoms with Crippen molar-refractivity contribution in [3.63, 3.8) is 0 Å². The topological polar surface area (TPSA) is 0 Å². The van der Waals surface area contributed by atoms with Crippen molar-refractivity contribution in [2.75, 3.05) is 0 Å². The zero-order chi connectivity index (χ0) is 12.1. The van der Waals surface area contributed by atoms with Crippen molar-refractivity contribution in [3.8, 4) is 11.8 Å². The van der Waals surface area contributed by atoms with Crippen LogP contribution >= 0.6 is 0 Å². The third-order valence-electron chi connectivity index (χ3n) is 3.71. The summed E-state index contributed by atoms with van der Waals surface area (Å²) in [6, 6.07) is 6.53. The van der Waals surface area contributed by atoms with Gasteiger partial charge in [0.15, 0.2) is 0 Å². The standard InChI is InChI=1S/C17H22/c1-3-4-11-17-14(2)7-5-10-16(17)13-12-15-8-6-9-15/h5,7,10,15H,3-4,6,8-9,11H2,1-2H3. The van der Waals surface area contributed by atoms with E-state index in [2.05, 4.69) is 43.9 Å². The summed E-state index contributed by atoms with van der Waals surface area (Å²) in [6.45, 7) is 4.46. The van der Waals surface area contributed by atoms with Gasteiger partial charge in [0.2, 0.25) is 0 Å². The fourth-order valence-electron chi connectivity index (χ4n) is 2.24. The van der Waals surface area contributed by atoms with Crippen LogP contribution in [0.25, 0.3) is 0 Å². The average Bonchev–Trinajstić information content (AvgIpc) is 2.26. The fourth-order valence-corrected chi connectivity index (χ4v) is 2.24. The number of benzene rings is 1. The third kappa shape index (κ3) is 3.13. The lowest BCUT2D eigenvalue weighted by Crippen LogP contribution is -2.07. The van der Waals surface area contributed by atoms with Crippen molar-refractivity contribution in [2.24, 2.45) is 5.92 Å². The number of rotatable bonds is 3. The second-order valence-corrected chi connectivity index (χ2v) is 5.10. The highest BCUT2D eigenvalue weighted by atomic mass is 14.2.